The molecule has 0 saturated carbocycles. The molecular weight excluding hydrogens is 272 g/mol. The van der Waals surface area contributed by atoms with Crippen LogP contribution in [0.5, 0.6) is 0 Å². The van der Waals surface area contributed by atoms with Gasteiger partial charge in [0, 0.05) is 12.7 Å². The van der Waals surface area contributed by atoms with Crippen LogP contribution in [0.3, 0.4) is 0 Å². The number of likely N-dealkylation sites (tertiary alicyclic amines) is 1. The second-order valence-corrected chi connectivity index (χ2v) is 5.66. The molecule has 0 spiro atoms. The first-order chi connectivity index (χ1) is 10.8. The summed E-state index contributed by atoms with van der Waals surface area (Å²) in [6.07, 6.45) is 4.19. The molecule has 0 amide bonds. The van der Waals surface area contributed by atoms with Gasteiger partial charge in [-0.1, -0.05) is 30.3 Å². The Kier molecular flexibility index (Phi) is 4.67. The van der Waals surface area contributed by atoms with Gasteiger partial charge in [0.2, 0.25) is 0 Å². The zero-order valence-electron chi connectivity index (χ0n) is 12.6. The minimum atomic E-state index is 0.208. The van der Waals surface area contributed by atoms with E-state index in [1.807, 2.05) is 12.1 Å². The molecular formula is C18H20N4. The summed E-state index contributed by atoms with van der Waals surface area (Å²) >= 11 is 0. The van der Waals surface area contributed by atoms with Gasteiger partial charge in [-0.15, -0.1) is 0 Å². The minimum absolute atomic E-state index is 0.208. The Bertz CT molecular complexity index is 624. The molecule has 4 nitrogen and oxygen atoms in total. The van der Waals surface area contributed by atoms with Gasteiger partial charge in [-0.3, -0.25) is 0 Å². The van der Waals surface area contributed by atoms with Crippen LogP contribution in [0, 0.1) is 11.3 Å². The van der Waals surface area contributed by atoms with Crippen LogP contribution in [0.2, 0.25) is 0 Å². The summed E-state index contributed by atoms with van der Waals surface area (Å²) in [7, 11) is 0. The minimum Gasteiger partial charge on any atom is -0.362 e. The van der Waals surface area contributed by atoms with Gasteiger partial charge < -0.3 is 10.2 Å². The Labute approximate surface area is 131 Å². The SMILES string of the molecule is N#Cc1ccc(NC(CN2CCCC2)c2ccccc2)nc1. The second kappa shape index (κ2) is 7.06. The van der Waals surface area contributed by atoms with Crippen molar-refractivity contribution in [3.05, 3.63) is 59.8 Å². The third kappa shape index (κ3) is 3.63. The van der Waals surface area contributed by atoms with Crippen LogP contribution in [0.1, 0.15) is 30.0 Å². The summed E-state index contributed by atoms with van der Waals surface area (Å²) in [5, 5.41) is 12.4. The standard InChI is InChI=1S/C18H20N4/c19-12-15-8-9-18(20-13-15)21-17(14-22-10-4-5-11-22)16-6-2-1-3-7-16/h1-3,6-9,13,17H,4-5,10-11,14H2,(H,20,21). The predicted molar refractivity (Wildman–Crippen MR) is 87.4 cm³/mol. The van der Waals surface area contributed by atoms with Crippen LogP contribution >= 0.6 is 0 Å². The van der Waals surface area contributed by atoms with E-state index in [0.29, 0.717) is 5.56 Å². The summed E-state index contributed by atoms with van der Waals surface area (Å²) in [5.41, 5.74) is 1.85. The maximum Gasteiger partial charge on any atom is 0.126 e. The van der Waals surface area contributed by atoms with Gasteiger partial charge in [-0.2, -0.15) is 5.26 Å². The fourth-order valence-corrected chi connectivity index (χ4v) is 2.87. The number of aromatic nitrogens is 1. The number of hydrogen-bond donors (Lipinski definition) is 1. The van der Waals surface area contributed by atoms with Crippen LogP contribution < -0.4 is 5.32 Å². The zero-order valence-corrected chi connectivity index (χ0v) is 12.6. The largest absolute Gasteiger partial charge is 0.362 e. The third-order valence-electron chi connectivity index (χ3n) is 4.06. The summed E-state index contributed by atoms with van der Waals surface area (Å²) < 4.78 is 0. The van der Waals surface area contributed by atoms with E-state index in [9.17, 15) is 0 Å². The molecule has 1 aliphatic heterocycles. The van der Waals surface area contributed by atoms with Crippen LogP contribution in [-0.4, -0.2) is 29.5 Å². The van der Waals surface area contributed by atoms with Crippen LogP contribution in [0.15, 0.2) is 48.7 Å². The predicted octanol–water partition coefficient (Wildman–Crippen LogP) is 3.20. The van der Waals surface area contributed by atoms with E-state index in [-0.39, 0.29) is 6.04 Å². The number of nitrogens with one attached hydrogen (secondary N) is 1. The number of anilines is 1. The van der Waals surface area contributed by atoms with Gasteiger partial charge in [0.25, 0.3) is 0 Å². The van der Waals surface area contributed by atoms with E-state index < -0.39 is 0 Å². The lowest BCUT2D eigenvalue weighted by Crippen LogP contribution is -2.29. The fraction of sp³-hybridized carbons (Fsp3) is 0.333. The van der Waals surface area contributed by atoms with E-state index in [2.05, 4.69) is 45.5 Å². The summed E-state index contributed by atoms with van der Waals surface area (Å²) in [4.78, 5) is 6.83. The highest BCUT2D eigenvalue weighted by atomic mass is 15.2. The normalized spacial score (nSPS) is 16.1. The summed E-state index contributed by atoms with van der Waals surface area (Å²) in [6.45, 7) is 3.32. The van der Waals surface area contributed by atoms with Crippen molar-refractivity contribution in [3.8, 4) is 6.07 Å². The average Bonchev–Trinajstić information content (AvgIpc) is 3.09. The highest BCUT2D eigenvalue weighted by Gasteiger charge is 2.19. The molecule has 2 aromatic rings. The smallest absolute Gasteiger partial charge is 0.126 e. The first kappa shape index (κ1) is 14.6. The zero-order chi connectivity index (χ0) is 15.2. The lowest BCUT2D eigenvalue weighted by molar-refractivity contribution is 0.323. The van der Waals surface area contributed by atoms with Crippen molar-refractivity contribution in [2.75, 3.05) is 25.0 Å². The van der Waals surface area contributed by atoms with Crippen molar-refractivity contribution in [3.63, 3.8) is 0 Å². The highest BCUT2D eigenvalue weighted by Crippen LogP contribution is 2.21. The van der Waals surface area contributed by atoms with E-state index in [0.717, 1.165) is 12.4 Å². The number of nitriles is 1. The maximum absolute atomic E-state index is 8.86. The number of nitrogens with zero attached hydrogens (tertiary/aromatic N) is 3. The Balaban J connectivity index is 1.76. The van der Waals surface area contributed by atoms with E-state index in [1.165, 1.54) is 31.5 Å². The van der Waals surface area contributed by atoms with E-state index in [4.69, 9.17) is 5.26 Å². The Hall–Kier alpha value is -2.38. The average molecular weight is 292 g/mol. The molecule has 1 aliphatic rings. The first-order valence-corrected chi connectivity index (χ1v) is 7.75. The summed E-state index contributed by atoms with van der Waals surface area (Å²) in [5.74, 6) is 0.812. The van der Waals surface area contributed by atoms with Crippen molar-refractivity contribution < 1.29 is 0 Å². The number of rotatable bonds is 5. The molecule has 2 heterocycles. The van der Waals surface area contributed by atoms with E-state index in [1.54, 1.807) is 12.3 Å². The Morgan fingerprint density at radius 2 is 1.91 bits per heavy atom. The molecule has 1 fully saturated rings. The van der Waals surface area contributed by atoms with Gasteiger partial charge in [0.1, 0.15) is 11.9 Å². The van der Waals surface area contributed by atoms with Crippen LogP contribution in [0.25, 0.3) is 0 Å². The van der Waals surface area contributed by atoms with Crippen LogP contribution in [0.4, 0.5) is 5.82 Å². The molecule has 1 N–H and O–H groups in total. The van der Waals surface area contributed by atoms with Gasteiger partial charge in [0.05, 0.1) is 11.6 Å². The molecule has 1 saturated heterocycles. The van der Waals surface area contributed by atoms with Crippen LogP contribution in [-0.2, 0) is 0 Å². The highest BCUT2D eigenvalue weighted by molar-refractivity contribution is 5.41. The van der Waals surface area contributed by atoms with Crippen molar-refractivity contribution in [1.82, 2.24) is 9.88 Å². The third-order valence-corrected chi connectivity index (χ3v) is 4.06. The Morgan fingerprint density at radius 1 is 1.14 bits per heavy atom. The molecule has 0 radical (unpaired) electrons. The lowest BCUT2D eigenvalue weighted by Gasteiger charge is -2.25. The van der Waals surface area contributed by atoms with Gasteiger partial charge >= 0.3 is 0 Å². The van der Waals surface area contributed by atoms with Gasteiger partial charge in [0.15, 0.2) is 0 Å². The molecule has 1 unspecified atom stereocenters. The molecule has 112 valence electrons. The molecule has 1 atom stereocenters. The molecule has 1 aromatic heterocycles. The van der Waals surface area contributed by atoms with Gasteiger partial charge in [-0.05, 0) is 43.6 Å². The fourth-order valence-electron chi connectivity index (χ4n) is 2.87. The quantitative estimate of drug-likeness (QED) is 0.919. The maximum atomic E-state index is 8.86. The molecule has 22 heavy (non-hydrogen) atoms. The van der Waals surface area contributed by atoms with Crippen molar-refractivity contribution in [2.45, 2.75) is 18.9 Å². The van der Waals surface area contributed by atoms with Crippen molar-refractivity contribution in [2.24, 2.45) is 0 Å². The topological polar surface area (TPSA) is 52.0 Å². The lowest BCUT2D eigenvalue weighted by atomic mass is 10.1. The van der Waals surface area contributed by atoms with Crippen molar-refractivity contribution >= 4 is 5.82 Å². The molecule has 0 aliphatic carbocycles. The number of hydrogen-bond acceptors (Lipinski definition) is 4. The van der Waals surface area contributed by atoms with E-state index >= 15 is 0 Å². The molecule has 3 rings (SSSR count). The molecule has 4 heteroatoms. The first-order valence-electron chi connectivity index (χ1n) is 7.75. The van der Waals surface area contributed by atoms with Gasteiger partial charge in [-0.25, -0.2) is 4.98 Å². The number of benzene rings is 1. The number of pyridine rings is 1. The summed E-state index contributed by atoms with van der Waals surface area (Å²) in [6, 6.07) is 16.5. The monoisotopic (exact) mass is 292 g/mol. The molecule has 0 bridgehead atoms. The second-order valence-electron chi connectivity index (χ2n) is 5.66. The molecule has 1 aromatic carbocycles. The Morgan fingerprint density at radius 3 is 2.55 bits per heavy atom. The van der Waals surface area contributed by atoms with Crippen molar-refractivity contribution in [1.29, 1.82) is 5.26 Å².